The Morgan fingerprint density at radius 3 is 2.73 bits per heavy atom. The number of rotatable bonds is 3. The molecule has 1 aromatic carbocycles. The van der Waals surface area contributed by atoms with E-state index in [0.717, 1.165) is 5.57 Å². The van der Waals surface area contributed by atoms with Gasteiger partial charge in [0.15, 0.2) is 0 Å². The second-order valence-corrected chi connectivity index (χ2v) is 3.65. The molecule has 0 aliphatic carbocycles. The lowest BCUT2D eigenvalue weighted by atomic mass is 10.3. The number of carbonyl (C=O) groups is 1. The summed E-state index contributed by atoms with van der Waals surface area (Å²) in [6.45, 7) is 5.98. The van der Waals surface area contributed by atoms with E-state index in [-0.39, 0.29) is 6.03 Å². The monoisotopic (exact) mass is 224 g/mol. The number of halogens is 1. The van der Waals surface area contributed by atoms with Gasteiger partial charge in [-0.25, -0.2) is 4.79 Å². The minimum absolute atomic E-state index is 0.286. The first-order valence-corrected chi connectivity index (χ1v) is 4.91. The van der Waals surface area contributed by atoms with Crippen LogP contribution in [0.1, 0.15) is 6.92 Å². The molecule has 1 aromatic rings. The number of nitrogens with one attached hydrogen (secondary N) is 2. The zero-order valence-electron chi connectivity index (χ0n) is 8.51. The first kappa shape index (κ1) is 11.6. The summed E-state index contributed by atoms with van der Waals surface area (Å²) in [5.41, 5.74) is 1.49. The van der Waals surface area contributed by atoms with Crippen molar-refractivity contribution >= 4 is 23.3 Å². The second-order valence-electron chi connectivity index (χ2n) is 3.24. The molecule has 0 bridgehead atoms. The number of benzene rings is 1. The van der Waals surface area contributed by atoms with Crippen molar-refractivity contribution in [3.05, 3.63) is 41.4 Å². The van der Waals surface area contributed by atoms with Crippen LogP contribution in [0.4, 0.5) is 10.5 Å². The fourth-order valence-electron chi connectivity index (χ4n) is 0.960. The van der Waals surface area contributed by atoms with E-state index in [9.17, 15) is 4.79 Å². The Labute approximate surface area is 94.1 Å². The third kappa shape index (κ3) is 4.04. The van der Waals surface area contributed by atoms with Crippen LogP contribution >= 0.6 is 11.6 Å². The van der Waals surface area contributed by atoms with Crippen molar-refractivity contribution in [3.63, 3.8) is 0 Å². The maximum absolute atomic E-state index is 11.3. The minimum Gasteiger partial charge on any atom is -0.334 e. The van der Waals surface area contributed by atoms with E-state index in [1.165, 1.54) is 0 Å². The van der Waals surface area contributed by atoms with Crippen LogP contribution < -0.4 is 10.6 Å². The van der Waals surface area contributed by atoms with E-state index < -0.39 is 0 Å². The first-order valence-electron chi connectivity index (χ1n) is 4.53. The summed E-state index contributed by atoms with van der Waals surface area (Å²) in [7, 11) is 0. The van der Waals surface area contributed by atoms with Crippen LogP contribution in [0, 0.1) is 0 Å². The van der Waals surface area contributed by atoms with E-state index >= 15 is 0 Å². The molecule has 15 heavy (non-hydrogen) atoms. The Balaban J connectivity index is 2.52. The van der Waals surface area contributed by atoms with E-state index in [1.807, 2.05) is 6.92 Å². The van der Waals surface area contributed by atoms with Gasteiger partial charge < -0.3 is 10.6 Å². The Bertz CT molecular complexity index is 377. The maximum atomic E-state index is 11.3. The van der Waals surface area contributed by atoms with Crippen LogP contribution in [-0.4, -0.2) is 12.6 Å². The average molecular weight is 225 g/mol. The molecule has 0 fully saturated rings. The van der Waals surface area contributed by atoms with E-state index in [1.54, 1.807) is 24.3 Å². The Morgan fingerprint density at radius 2 is 2.13 bits per heavy atom. The van der Waals surface area contributed by atoms with Crippen molar-refractivity contribution in [3.8, 4) is 0 Å². The number of urea groups is 1. The fraction of sp³-hybridized carbons (Fsp3) is 0.182. The number of anilines is 1. The predicted octanol–water partition coefficient (Wildman–Crippen LogP) is 3.04. The van der Waals surface area contributed by atoms with Crippen molar-refractivity contribution < 1.29 is 4.79 Å². The van der Waals surface area contributed by atoms with Crippen molar-refractivity contribution in [2.75, 3.05) is 11.9 Å². The smallest absolute Gasteiger partial charge is 0.319 e. The zero-order valence-corrected chi connectivity index (χ0v) is 9.27. The molecule has 2 amide bonds. The molecule has 0 aliphatic heterocycles. The van der Waals surface area contributed by atoms with Crippen molar-refractivity contribution in [2.45, 2.75) is 6.92 Å². The lowest BCUT2D eigenvalue weighted by Gasteiger charge is -2.08. The lowest BCUT2D eigenvalue weighted by Crippen LogP contribution is -2.29. The van der Waals surface area contributed by atoms with Gasteiger partial charge in [0.05, 0.1) is 10.7 Å². The molecule has 0 atom stereocenters. The molecule has 3 nitrogen and oxygen atoms in total. The summed E-state index contributed by atoms with van der Waals surface area (Å²) in [6, 6.07) is 6.78. The van der Waals surface area contributed by atoms with Crippen molar-refractivity contribution in [2.24, 2.45) is 0 Å². The van der Waals surface area contributed by atoms with Gasteiger partial charge in [0.25, 0.3) is 0 Å². The standard InChI is InChI=1S/C11H13ClN2O/c1-8(2)7-13-11(15)14-10-6-4-3-5-9(10)12/h3-6H,1,7H2,2H3,(H2,13,14,15). The molecular formula is C11H13ClN2O. The molecule has 0 spiro atoms. The average Bonchev–Trinajstić information content (AvgIpc) is 2.18. The summed E-state index contributed by atoms with van der Waals surface area (Å²) >= 11 is 5.87. The normalized spacial score (nSPS) is 9.47. The van der Waals surface area contributed by atoms with Crippen LogP contribution in [0.3, 0.4) is 0 Å². The maximum Gasteiger partial charge on any atom is 0.319 e. The van der Waals surface area contributed by atoms with Gasteiger partial charge in [0.1, 0.15) is 0 Å². The van der Waals surface area contributed by atoms with E-state index in [4.69, 9.17) is 11.6 Å². The van der Waals surface area contributed by atoms with Crippen LogP contribution in [0.15, 0.2) is 36.4 Å². The summed E-state index contributed by atoms with van der Waals surface area (Å²) in [5, 5.41) is 5.81. The van der Waals surface area contributed by atoms with Gasteiger partial charge in [-0.2, -0.15) is 0 Å². The van der Waals surface area contributed by atoms with Crippen LogP contribution in [0.5, 0.6) is 0 Å². The minimum atomic E-state index is -0.286. The highest BCUT2D eigenvalue weighted by Gasteiger charge is 2.03. The largest absolute Gasteiger partial charge is 0.334 e. The SMILES string of the molecule is C=C(C)CNC(=O)Nc1ccccc1Cl. The number of amides is 2. The summed E-state index contributed by atoms with van der Waals surface area (Å²) in [6.07, 6.45) is 0. The highest BCUT2D eigenvalue weighted by molar-refractivity contribution is 6.33. The van der Waals surface area contributed by atoms with E-state index in [2.05, 4.69) is 17.2 Å². The Morgan fingerprint density at radius 1 is 1.47 bits per heavy atom. The number of hydrogen-bond acceptors (Lipinski definition) is 1. The third-order valence-electron chi connectivity index (χ3n) is 1.67. The first-order chi connectivity index (χ1) is 7.09. The third-order valence-corrected chi connectivity index (χ3v) is 2.00. The Hall–Kier alpha value is -1.48. The van der Waals surface area contributed by atoms with Crippen molar-refractivity contribution in [1.29, 1.82) is 0 Å². The number of carbonyl (C=O) groups excluding carboxylic acids is 1. The highest BCUT2D eigenvalue weighted by atomic mass is 35.5. The van der Waals surface area contributed by atoms with Gasteiger partial charge in [-0.15, -0.1) is 0 Å². The van der Waals surface area contributed by atoms with E-state index in [0.29, 0.717) is 17.3 Å². The molecule has 0 saturated heterocycles. The molecule has 0 radical (unpaired) electrons. The van der Waals surface area contributed by atoms with Gasteiger partial charge >= 0.3 is 6.03 Å². The molecule has 0 heterocycles. The molecule has 0 unspecified atom stereocenters. The highest BCUT2D eigenvalue weighted by Crippen LogP contribution is 2.19. The van der Waals surface area contributed by atoms with Crippen LogP contribution in [0.2, 0.25) is 5.02 Å². The van der Waals surface area contributed by atoms with Gasteiger partial charge in [0.2, 0.25) is 0 Å². The van der Waals surface area contributed by atoms with Gasteiger partial charge in [-0.3, -0.25) is 0 Å². The molecule has 0 aliphatic rings. The summed E-state index contributed by atoms with van der Waals surface area (Å²) in [4.78, 5) is 11.3. The molecule has 1 rings (SSSR count). The predicted molar refractivity (Wildman–Crippen MR) is 63.3 cm³/mol. The van der Waals surface area contributed by atoms with Gasteiger partial charge in [-0.05, 0) is 19.1 Å². The molecule has 2 N–H and O–H groups in total. The Kier molecular flexibility index (Phi) is 4.18. The number of para-hydroxylation sites is 1. The lowest BCUT2D eigenvalue weighted by molar-refractivity contribution is 0.253. The summed E-state index contributed by atoms with van der Waals surface area (Å²) in [5.74, 6) is 0. The molecule has 4 heteroatoms. The topological polar surface area (TPSA) is 41.1 Å². The molecule has 0 aromatic heterocycles. The number of hydrogen-bond donors (Lipinski definition) is 2. The van der Waals surface area contributed by atoms with Crippen LogP contribution in [-0.2, 0) is 0 Å². The quantitative estimate of drug-likeness (QED) is 0.762. The van der Waals surface area contributed by atoms with Gasteiger partial charge in [-0.1, -0.05) is 35.9 Å². The zero-order chi connectivity index (χ0) is 11.3. The second kappa shape index (κ2) is 5.41. The van der Waals surface area contributed by atoms with Crippen LogP contribution in [0.25, 0.3) is 0 Å². The van der Waals surface area contributed by atoms with Crippen molar-refractivity contribution in [1.82, 2.24) is 5.32 Å². The van der Waals surface area contributed by atoms with Gasteiger partial charge in [0, 0.05) is 6.54 Å². The molecule has 0 saturated carbocycles. The summed E-state index contributed by atoms with van der Waals surface area (Å²) < 4.78 is 0. The molecule has 80 valence electrons. The fourth-order valence-corrected chi connectivity index (χ4v) is 1.14. The molecular weight excluding hydrogens is 212 g/mol.